The molecule has 0 spiro atoms. The maximum atomic E-state index is 13.1. The van der Waals surface area contributed by atoms with Crippen molar-refractivity contribution in [3.05, 3.63) is 59.2 Å². The lowest BCUT2D eigenvalue weighted by Gasteiger charge is -2.41. The van der Waals surface area contributed by atoms with Crippen LogP contribution in [0.2, 0.25) is 18.1 Å². The molecule has 0 saturated heterocycles. The number of nitrogens with one attached hydrogen (secondary N) is 2. The third-order valence-corrected chi connectivity index (χ3v) is 12.5. The van der Waals surface area contributed by atoms with Crippen LogP contribution < -0.4 is 16.4 Å². The largest absolute Gasteiger partial charge is 0.416 e. The first-order valence-electron chi connectivity index (χ1n) is 12.3. The molecule has 0 fully saturated rings. The molecule has 1 aromatic heterocycles. The molecule has 38 heavy (non-hydrogen) atoms. The van der Waals surface area contributed by atoms with E-state index in [0.717, 1.165) is 28.9 Å². The highest BCUT2D eigenvalue weighted by molar-refractivity contribution is 7.18. The summed E-state index contributed by atoms with van der Waals surface area (Å²) >= 11 is 1.35. The Hall–Kier alpha value is -2.80. The van der Waals surface area contributed by atoms with Crippen LogP contribution in [0.4, 0.5) is 24.0 Å². The molecule has 7 nitrogen and oxygen atoms in total. The van der Waals surface area contributed by atoms with Crippen LogP contribution in [0.3, 0.4) is 0 Å². The number of hydrogen-bond donors (Lipinski definition) is 3. The lowest BCUT2D eigenvalue weighted by molar-refractivity contribution is -0.137. The van der Waals surface area contributed by atoms with E-state index in [9.17, 15) is 18.0 Å². The Kier molecular flexibility index (Phi) is 7.72. The molecule has 12 heteroatoms. The van der Waals surface area contributed by atoms with Crippen molar-refractivity contribution in [2.24, 2.45) is 5.73 Å². The minimum absolute atomic E-state index is 0.0340. The summed E-state index contributed by atoms with van der Waals surface area (Å²) in [5, 5.41) is 15.6. The number of hydrogen-bond acceptors (Lipinski definition) is 7. The van der Waals surface area contributed by atoms with Crippen LogP contribution in [0.15, 0.2) is 42.5 Å². The normalized spacial score (nSPS) is 15.7. The lowest BCUT2D eigenvalue weighted by Crippen LogP contribution is -2.47. The minimum Gasteiger partial charge on any atom is -0.408 e. The SMILES string of the molecule is CC(C)(C)[Si](C)(C)O[C@@H](c1ccc(C(F)(F)F)cc1)[C@H](N)CNc1nnc(-c2ccc3c(c2)CC(=O)N3)s1. The van der Waals surface area contributed by atoms with Gasteiger partial charge in [0.2, 0.25) is 11.0 Å². The highest BCUT2D eigenvalue weighted by Gasteiger charge is 2.41. The smallest absolute Gasteiger partial charge is 0.408 e. The highest BCUT2D eigenvalue weighted by Crippen LogP contribution is 2.41. The highest BCUT2D eigenvalue weighted by atomic mass is 32.1. The van der Waals surface area contributed by atoms with Crippen LogP contribution in [0, 0.1) is 0 Å². The fourth-order valence-corrected chi connectivity index (χ4v) is 5.89. The lowest BCUT2D eigenvalue weighted by atomic mass is 10.0. The van der Waals surface area contributed by atoms with Crippen molar-refractivity contribution in [1.29, 1.82) is 0 Å². The molecular formula is C26H32F3N5O2SSi. The Balaban J connectivity index is 1.50. The van der Waals surface area contributed by atoms with Crippen LogP contribution in [-0.2, 0) is 21.8 Å². The van der Waals surface area contributed by atoms with Gasteiger partial charge in [-0.05, 0) is 59.6 Å². The summed E-state index contributed by atoms with van der Waals surface area (Å²) in [6, 6.07) is 10.1. The predicted molar refractivity (Wildman–Crippen MR) is 147 cm³/mol. The van der Waals surface area contributed by atoms with Gasteiger partial charge in [0.1, 0.15) is 5.01 Å². The van der Waals surface area contributed by atoms with Crippen molar-refractivity contribution in [3.8, 4) is 10.6 Å². The zero-order chi connectivity index (χ0) is 27.9. The zero-order valence-corrected chi connectivity index (χ0v) is 23.8. The van der Waals surface area contributed by atoms with Gasteiger partial charge in [0.15, 0.2) is 8.32 Å². The number of amides is 1. The molecule has 4 rings (SSSR count). The number of anilines is 2. The van der Waals surface area contributed by atoms with Crippen LogP contribution in [0.1, 0.15) is 43.6 Å². The van der Waals surface area contributed by atoms with Crippen molar-refractivity contribution in [2.45, 2.75) is 63.6 Å². The van der Waals surface area contributed by atoms with E-state index < -0.39 is 32.2 Å². The van der Waals surface area contributed by atoms with E-state index in [1.165, 1.54) is 23.5 Å². The number of carbonyl (C=O) groups is 1. The molecule has 1 amide bonds. The zero-order valence-electron chi connectivity index (χ0n) is 21.9. The van der Waals surface area contributed by atoms with E-state index in [1.807, 2.05) is 18.2 Å². The van der Waals surface area contributed by atoms with E-state index >= 15 is 0 Å². The Morgan fingerprint density at radius 1 is 1.13 bits per heavy atom. The monoisotopic (exact) mass is 563 g/mol. The average Bonchev–Trinajstić information content (AvgIpc) is 3.45. The van der Waals surface area contributed by atoms with Gasteiger partial charge in [0.25, 0.3) is 0 Å². The summed E-state index contributed by atoms with van der Waals surface area (Å²) in [6.07, 6.45) is -4.69. The molecule has 0 bridgehead atoms. The fourth-order valence-electron chi connectivity index (χ4n) is 3.84. The van der Waals surface area contributed by atoms with Crippen molar-refractivity contribution in [1.82, 2.24) is 10.2 Å². The number of halogens is 3. The second-order valence-electron chi connectivity index (χ2n) is 11.0. The molecule has 2 aromatic carbocycles. The van der Waals surface area contributed by atoms with Crippen LogP contribution in [-0.4, -0.2) is 37.0 Å². The van der Waals surface area contributed by atoms with Gasteiger partial charge in [-0.1, -0.05) is 44.2 Å². The number of aromatic nitrogens is 2. The van der Waals surface area contributed by atoms with E-state index in [0.29, 0.717) is 22.1 Å². The number of fused-ring (bicyclic) bond motifs is 1. The van der Waals surface area contributed by atoms with Crippen molar-refractivity contribution >= 4 is 36.4 Å². The number of nitrogens with zero attached hydrogens (tertiary/aromatic N) is 2. The third kappa shape index (κ3) is 6.25. The van der Waals surface area contributed by atoms with E-state index in [2.05, 4.69) is 54.7 Å². The Labute approximate surface area is 225 Å². The van der Waals surface area contributed by atoms with Gasteiger partial charge >= 0.3 is 6.18 Å². The molecule has 1 aliphatic heterocycles. The van der Waals surface area contributed by atoms with Gasteiger partial charge in [0, 0.05) is 17.8 Å². The first-order chi connectivity index (χ1) is 17.6. The van der Waals surface area contributed by atoms with Crippen LogP contribution in [0.5, 0.6) is 0 Å². The van der Waals surface area contributed by atoms with Gasteiger partial charge in [-0.15, -0.1) is 10.2 Å². The molecule has 3 aromatic rings. The van der Waals surface area contributed by atoms with E-state index in [4.69, 9.17) is 10.2 Å². The van der Waals surface area contributed by atoms with Crippen molar-refractivity contribution < 1.29 is 22.4 Å². The molecular weight excluding hydrogens is 531 g/mol. The first-order valence-corrected chi connectivity index (χ1v) is 16.0. The summed E-state index contributed by atoms with van der Waals surface area (Å²) < 4.78 is 46.0. The summed E-state index contributed by atoms with van der Waals surface area (Å²) in [7, 11) is -2.31. The molecule has 2 heterocycles. The quantitative estimate of drug-likeness (QED) is 0.281. The first kappa shape index (κ1) is 28.2. The average molecular weight is 564 g/mol. The van der Waals surface area contributed by atoms with Crippen LogP contribution >= 0.6 is 11.3 Å². The molecule has 4 N–H and O–H groups in total. The molecule has 204 valence electrons. The summed E-state index contributed by atoms with van der Waals surface area (Å²) in [6.45, 7) is 10.7. The van der Waals surface area contributed by atoms with Crippen molar-refractivity contribution in [3.63, 3.8) is 0 Å². The van der Waals surface area contributed by atoms with Gasteiger partial charge in [-0.2, -0.15) is 13.2 Å². The van der Waals surface area contributed by atoms with E-state index in [1.54, 1.807) is 0 Å². The summed E-state index contributed by atoms with van der Waals surface area (Å²) in [4.78, 5) is 11.6. The second-order valence-corrected chi connectivity index (χ2v) is 16.7. The summed E-state index contributed by atoms with van der Waals surface area (Å²) in [5.41, 5.74) is 9.06. The Bertz CT molecular complexity index is 1310. The molecule has 1 aliphatic rings. The third-order valence-electron chi connectivity index (χ3n) is 7.07. The van der Waals surface area contributed by atoms with Crippen LogP contribution in [0.25, 0.3) is 10.6 Å². The molecule has 0 unspecified atom stereocenters. The topological polar surface area (TPSA) is 102 Å². The van der Waals surface area contributed by atoms with Gasteiger partial charge in [0.05, 0.1) is 24.1 Å². The number of carbonyl (C=O) groups excluding carboxylic acids is 1. The molecule has 0 saturated carbocycles. The second kappa shape index (κ2) is 10.4. The Morgan fingerprint density at radius 3 is 2.45 bits per heavy atom. The molecule has 2 atom stereocenters. The van der Waals surface area contributed by atoms with Crippen molar-refractivity contribution in [2.75, 3.05) is 17.2 Å². The van der Waals surface area contributed by atoms with Gasteiger partial charge in [-0.3, -0.25) is 4.79 Å². The minimum atomic E-state index is -4.42. The molecule has 0 radical (unpaired) electrons. The number of benzene rings is 2. The van der Waals surface area contributed by atoms with E-state index in [-0.39, 0.29) is 17.5 Å². The predicted octanol–water partition coefficient (Wildman–Crippen LogP) is 6.22. The Morgan fingerprint density at radius 2 is 1.82 bits per heavy atom. The standard InChI is InChI=1S/C26H32F3N5O2SSi/c1-25(2,3)38(4,5)36-22(15-6-9-18(10-7-15)26(27,28)29)19(30)14-31-24-34-33-23(37-24)16-8-11-20-17(12-16)13-21(35)32-20/h6-12,19,22H,13-14,30H2,1-5H3,(H,31,34)(H,32,35)/t19-,22+/m1/s1. The molecule has 0 aliphatic carbocycles. The number of nitrogens with two attached hydrogens (primary N) is 1. The van der Waals surface area contributed by atoms with Gasteiger partial charge < -0.3 is 20.8 Å². The fraction of sp³-hybridized carbons (Fsp3) is 0.423. The number of alkyl halides is 3. The van der Waals surface area contributed by atoms with Gasteiger partial charge in [-0.25, -0.2) is 0 Å². The number of rotatable bonds is 8. The maximum absolute atomic E-state index is 13.1. The maximum Gasteiger partial charge on any atom is 0.416 e. The summed E-state index contributed by atoms with van der Waals surface area (Å²) in [5.74, 6) is -0.0340.